The Hall–Kier alpha value is -16.9. The van der Waals surface area contributed by atoms with Crippen molar-refractivity contribution in [3.05, 3.63) is 491 Å². The number of fused-ring (bicyclic) bond motifs is 21. The average Bonchev–Trinajstić information content (AvgIpc) is 1.52. The van der Waals surface area contributed by atoms with Gasteiger partial charge in [-0.15, -0.1) is 34.0 Å². The summed E-state index contributed by atoms with van der Waals surface area (Å²) in [4.78, 5) is 7.26. The van der Waals surface area contributed by atoms with Crippen LogP contribution in [0.25, 0.3) is 193 Å². The van der Waals surface area contributed by atoms with E-state index < -0.39 is 0 Å². The van der Waals surface area contributed by atoms with E-state index in [0.29, 0.717) is 0 Å². The molecule has 0 saturated heterocycles. The van der Waals surface area contributed by atoms with Gasteiger partial charge in [-0.3, -0.25) is 0 Å². The lowest BCUT2D eigenvalue weighted by Gasteiger charge is -2.29. The lowest BCUT2D eigenvalue weighted by atomic mass is 9.94. The molecule has 0 aliphatic carbocycles. The minimum absolute atomic E-state index is 0.907. The maximum atomic E-state index is 6.62. The molecule has 636 valence electrons. The smallest absolute Gasteiger partial charge is 0.144 e. The number of nitrogens with zero attached hydrogens (tertiary/aromatic N) is 3. The van der Waals surface area contributed by atoms with E-state index in [0.717, 1.165) is 117 Å². The van der Waals surface area contributed by atoms with Crippen LogP contribution in [0, 0.1) is 0 Å². The highest BCUT2D eigenvalue weighted by Crippen LogP contribution is 2.56. The second-order valence-corrected chi connectivity index (χ2v) is 37.1. The van der Waals surface area contributed by atoms with Crippen molar-refractivity contribution in [2.45, 2.75) is 0 Å². The third-order valence-electron chi connectivity index (χ3n) is 25.9. The monoisotopic (exact) mass is 1780 g/mol. The van der Waals surface area contributed by atoms with Crippen LogP contribution < -0.4 is 14.7 Å². The molecule has 0 aliphatic heterocycles. The molecule has 0 amide bonds. The van der Waals surface area contributed by atoms with Gasteiger partial charge >= 0.3 is 0 Å². The standard InChI is InChI=1S/3C42H27NOS/c1-4-14-28(15-5-1)30-24-31(29-16-6-2-7-17-29)26-33(25-30)43(32-18-8-3-9-19-32)37-27-36-34-20-10-12-22-38(34)44-41(36)40-35-21-11-13-23-39(35)45-42(37)40;1-4-14-28(15-5-1)30-24-25-36(34(26-30)29-16-6-2-7-17-29)43(31-18-8-3-9-19-31)37-27-35-32-20-10-12-22-38(32)44-41(35)40-33-21-11-13-23-39(33)45-42(37)40;1-3-13-28(14-4-1)32-17-7-8-18-33(32)29-23-25-31(26-24-29)43(30-15-5-2-6-16-30)37-27-36-34-19-9-11-21-38(34)44-41(36)40-35-20-10-12-22-39(35)45-42(37)40/h3*1-27H. The molecule has 0 fully saturated rings. The predicted octanol–water partition coefficient (Wildman–Crippen LogP) is 38.3. The van der Waals surface area contributed by atoms with Crippen molar-refractivity contribution in [3.8, 4) is 66.8 Å². The van der Waals surface area contributed by atoms with Crippen LogP contribution in [0.15, 0.2) is 505 Å². The summed E-state index contributed by atoms with van der Waals surface area (Å²) in [5, 5.41) is 13.9. The van der Waals surface area contributed by atoms with Crippen molar-refractivity contribution < 1.29 is 13.3 Å². The fourth-order valence-electron chi connectivity index (χ4n) is 19.8. The SMILES string of the molecule is c1ccc(-c2cc(-c3ccccc3)cc(N(c3ccccc3)c3cc4c5ccccc5oc4c4c3sc3ccccc34)c2)cc1.c1ccc(-c2ccc(N(c3ccccc3)c3cc4c5ccccc5oc4c4c3sc3ccccc34)c(-c3ccccc3)c2)cc1.c1ccc(-c2ccccc2-c2ccc(N(c3ccccc3)c3cc4c5ccccc5oc4c4c3sc3ccccc34)cc2)cc1. The highest BCUT2D eigenvalue weighted by atomic mass is 32.1. The van der Waals surface area contributed by atoms with Gasteiger partial charge in [-0.1, -0.05) is 358 Å². The van der Waals surface area contributed by atoms with Gasteiger partial charge in [-0.05, 0) is 195 Å². The Morgan fingerprint density at radius 1 is 0.156 bits per heavy atom. The first kappa shape index (κ1) is 80.2. The second kappa shape index (κ2) is 34.4. The highest BCUT2D eigenvalue weighted by Gasteiger charge is 2.30. The molecule has 9 heteroatoms. The molecule has 27 aromatic rings. The quantitative estimate of drug-likeness (QED) is 0.102. The van der Waals surface area contributed by atoms with Gasteiger partial charge in [0.25, 0.3) is 0 Å². The summed E-state index contributed by atoms with van der Waals surface area (Å²) in [6.45, 7) is 0. The van der Waals surface area contributed by atoms with Crippen LogP contribution in [0.1, 0.15) is 0 Å². The lowest BCUT2D eigenvalue weighted by molar-refractivity contribution is 0.672. The maximum Gasteiger partial charge on any atom is 0.144 e. The van der Waals surface area contributed by atoms with Gasteiger partial charge in [-0.25, -0.2) is 0 Å². The average molecular weight is 1780 g/mol. The number of benzene rings is 21. The zero-order valence-electron chi connectivity index (χ0n) is 73.1. The summed E-state index contributed by atoms with van der Waals surface area (Å²) < 4.78 is 27.2. The summed E-state index contributed by atoms with van der Waals surface area (Å²) in [5.41, 5.74) is 30.0. The molecular weight excluding hydrogens is 1700 g/mol. The fourth-order valence-corrected chi connectivity index (χ4v) is 23.4. The Morgan fingerprint density at radius 2 is 0.430 bits per heavy atom. The molecule has 6 heterocycles. The van der Waals surface area contributed by atoms with E-state index in [-0.39, 0.29) is 0 Å². The maximum absolute atomic E-state index is 6.62. The first-order valence-electron chi connectivity index (χ1n) is 45.6. The third kappa shape index (κ3) is 14.5. The summed E-state index contributed by atoms with van der Waals surface area (Å²) in [6.07, 6.45) is 0. The molecule has 0 N–H and O–H groups in total. The molecule has 0 bridgehead atoms. The Balaban J connectivity index is 0.000000108. The van der Waals surface area contributed by atoms with E-state index in [9.17, 15) is 0 Å². The van der Waals surface area contributed by atoms with E-state index in [4.69, 9.17) is 13.3 Å². The summed E-state index contributed by atoms with van der Waals surface area (Å²) in [6, 6.07) is 175. The molecular formula is C126H81N3O3S3. The number of thiophene rings is 3. The first-order chi connectivity index (χ1) is 67.0. The second-order valence-electron chi connectivity index (χ2n) is 34.0. The van der Waals surface area contributed by atoms with Gasteiger partial charge in [0, 0.05) is 113 Å². The Morgan fingerprint density at radius 3 is 0.815 bits per heavy atom. The van der Waals surface area contributed by atoms with Crippen molar-refractivity contribution in [3.63, 3.8) is 0 Å². The Bertz CT molecular complexity index is 9050. The number of para-hydroxylation sites is 6. The zero-order chi connectivity index (χ0) is 89.2. The van der Waals surface area contributed by atoms with E-state index >= 15 is 0 Å². The van der Waals surface area contributed by atoms with Crippen molar-refractivity contribution in [2.75, 3.05) is 14.7 Å². The molecule has 135 heavy (non-hydrogen) atoms. The third-order valence-corrected chi connectivity index (χ3v) is 29.5. The number of anilines is 9. The molecule has 6 aromatic heterocycles. The minimum Gasteiger partial charge on any atom is -0.455 e. The van der Waals surface area contributed by atoms with E-state index in [1.807, 2.05) is 52.2 Å². The van der Waals surface area contributed by atoms with Crippen LogP contribution in [0.5, 0.6) is 0 Å². The van der Waals surface area contributed by atoms with Gasteiger partial charge in [-0.2, -0.15) is 0 Å². The topological polar surface area (TPSA) is 49.1 Å². The van der Waals surface area contributed by atoms with Crippen LogP contribution in [-0.2, 0) is 0 Å². The number of rotatable bonds is 15. The van der Waals surface area contributed by atoms with Crippen molar-refractivity contribution in [1.82, 2.24) is 0 Å². The lowest BCUT2D eigenvalue weighted by Crippen LogP contribution is -2.11. The van der Waals surface area contributed by atoms with Crippen LogP contribution in [0.2, 0.25) is 0 Å². The largest absolute Gasteiger partial charge is 0.455 e. The van der Waals surface area contributed by atoms with Crippen molar-refractivity contribution in [2.24, 2.45) is 0 Å². The first-order valence-corrected chi connectivity index (χ1v) is 48.0. The molecule has 0 radical (unpaired) electrons. The van der Waals surface area contributed by atoms with Gasteiger partial charge in [0.2, 0.25) is 0 Å². The molecule has 0 unspecified atom stereocenters. The fraction of sp³-hybridized carbons (Fsp3) is 0. The van der Waals surface area contributed by atoms with Gasteiger partial charge in [0.15, 0.2) is 0 Å². The van der Waals surface area contributed by atoms with Gasteiger partial charge < -0.3 is 28.0 Å². The van der Waals surface area contributed by atoms with Crippen molar-refractivity contribution in [1.29, 1.82) is 0 Å². The minimum atomic E-state index is 0.907. The molecule has 27 rings (SSSR count). The number of hydrogen-bond donors (Lipinski definition) is 0. The van der Waals surface area contributed by atoms with Crippen molar-refractivity contribution >= 4 is 212 Å². The molecule has 21 aromatic carbocycles. The summed E-state index contributed by atoms with van der Waals surface area (Å²) in [5.74, 6) is 0. The van der Waals surface area contributed by atoms with Crippen LogP contribution in [0.4, 0.5) is 51.2 Å². The van der Waals surface area contributed by atoms with Gasteiger partial charge in [0.05, 0.1) is 36.8 Å². The van der Waals surface area contributed by atoms with Gasteiger partial charge in [0.1, 0.15) is 33.5 Å². The van der Waals surface area contributed by atoms with E-state index in [1.54, 1.807) is 0 Å². The van der Waals surface area contributed by atoms with Crippen LogP contribution >= 0.6 is 34.0 Å². The van der Waals surface area contributed by atoms with E-state index in [2.05, 4.69) is 488 Å². The zero-order valence-corrected chi connectivity index (χ0v) is 75.5. The Labute approximate surface area is 791 Å². The summed E-state index contributed by atoms with van der Waals surface area (Å²) in [7, 11) is 0. The molecule has 0 aliphatic rings. The number of hydrogen-bond acceptors (Lipinski definition) is 9. The highest BCUT2D eigenvalue weighted by molar-refractivity contribution is 7.27. The molecule has 0 atom stereocenters. The molecule has 0 saturated carbocycles. The van der Waals surface area contributed by atoms with Crippen LogP contribution in [-0.4, -0.2) is 0 Å². The predicted molar refractivity (Wildman–Crippen MR) is 576 cm³/mol. The molecule has 0 spiro atoms. The Kier molecular flexibility index (Phi) is 20.4. The van der Waals surface area contributed by atoms with E-state index in [1.165, 1.54) is 127 Å². The summed E-state index contributed by atoms with van der Waals surface area (Å²) >= 11 is 5.49. The molecule has 6 nitrogen and oxygen atoms in total. The van der Waals surface area contributed by atoms with Crippen LogP contribution in [0.3, 0.4) is 0 Å². The normalized spacial score (nSPS) is 11.6. The number of furan rings is 3.